The van der Waals surface area contributed by atoms with Crippen LogP contribution in [0.4, 0.5) is 4.39 Å². The van der Waals surface area contributed by atoms with Crippen LogP contribution in [0, 0.1) is 5.82 Å². The van der Waals surface area contributed by atoms with Gasteiger partial charge in [-0.3, -0.25) is 14.4 Å². The van der Waals surface area contributed by atoms with E-state index in [9.17, 15) is 23.6 Å². The molecule has 4 aromatic rings. The number of hydrogen-bond donors (Lipinski definition) is 3. The van der Waals surface area contributed by atoms with Gasteiger partial charge in [0.15, 0.2) is 5.78 Å². The number of carbonyl (C=O) groups is 3. The molecule has 35 heavy (non-hydrogen) atoms. The van der Waals surface area contributed by atoms with Gasteiger partial charge >= 0.3 is 5.97 Å². The number of hydrogen-bond acceptors (Lipinski definition) is 4. The fraction of sp³-hybridized carbons (Fsp3) is 0.111. The van der Waals surface area contributed by atoms with Crippen molar-refractivity contribution in [1.82, 2.24) is 10.3 Å². The molecule has 8 heteroatoms. The molecule has 0 radical (unpaired) electrons. The Kier molecular flexibility index (Phi) is 6.55. The SMILES string of the molecule is C[C@H](NC(=O)c1ccc(-c2ccccc2)c(F)c1)C(=O)Cc1ccc2[nH]cc(C(=O)O)c(=O)c2c1. The summed E-state index contributed by atoms with van der Waals surface area (Å²) in [6, 6.07) is 16.9. The molecule has 7 nitrogen and oxygen atoms in total. The van der Waals surface area contributed by atoms with Crippen molar-refractivity contribution in [3.8, 4) is 11.1 Å². The monoisotopic (exact) mass is 472 g/mol. The molecule has 0 aliphatic heterocycles. The van der Waals surface area contributed by atoms with Crippen molar-refractivity contribution in [2.24, 2.45) is 0 Å². The van der Waals surface area contributed by atoms with E-state index >= 15 is 0 Å². The summed E-state index contributed by atoms with van der Waals surface area (Å²) in [5, 5.41) is 11.9. The van der Waals surface area contributed by atoms with Crippen molar-refractivity contribution in [3.05, 3.63) is 106 Å². The van der Waals surface area contributed by atoms with Gasteiger partial charge in [-0.15, -0.1) is 0 Å². The number of nitrogens with one attached hydrogen (secondary N) is 2. The molecule has 1 heterocycles. The van der Waals surface area contributed by atoms with Crippen LogP contribution >= 0.6 is 0 Å². The number of benzene rings is 3. The minimum Gasteiger partial charge on any atom is -0.477 e. The van der Waals surface area contributed by atoms with E-state index < -0.39 is 34.7 Å². The molecule has 0 saturated heterocycles. The number of Topliss-reactive ketones (excluding diaryl/α,β-unsaturated/α-hetero) is 1. The summed E-state index contributed by atoms with van der Waals surface area (Å²) >= 11 is 0. The highest BCUT2D eigenvalue weighted by molar-refractivity contribution is 5.99. The van der Waals surface area contributed by atoms with E-state index in [2.05, 4.69) is 10.3 Å². The molecule has 0 saturated carbocycles. The molecular formula is C27H21FN2O5. The van der Waals surface area contributed by atoms with Gasteiger partial charge < -0.3 is 15.4 Å². The number of rotatable bonds is 7. The first kappa shape index (κ1) is 23.6. The van der Waals surface area contributed by atoms with Crippen molar-refractivity contribution in [1.29, 1.82) is 0 Å². The Morgan fingerprint density at radius 1 is 1.03 bits per heavy atom. The molecule has 3 N–H and O–H groups in total. The number of fused-ring (bicyclic) bond motifs is 1. The number of ketones is 1. The van der Waals surface area contributed by atoms with E-state index in [4.69, 9.17) is 5.11 Å². The van der Waals surface area contributed by atoms with Crippen LogP contribution in [0.3, 0.4) is 0 Å². The molecule has 0 fully saturated rings. The van der Waals surface area contributed by atoms with E-state index in [0.29, 0.717) is 22.2 Å². The number of carboxylic acid groups (broad SMARTS) is 1. The quantitative estimate of drug-likeness (QED) is 0.377. The number of aromatic carboxylic acids is 1. The Hall–Kier alpha value is -4.59. The molecule has 1 aromatic heterocycles. The predicted molar refractivity (Wildman–Crippen MR) is 129 cm³/mol. The minimum atomic E-state index is -1.35. The maximum atomic E-state index is 14.6. The zero-order valence-corrected chi connectivity index (χ0v) is 18.7. The second-order valence-corrected chi connectivity index (χ2v) is 8.12. The Bertz CT molecular complexity index is 1510. The first-order chi connectivity index (χ1) is 16.7. The average molecular weight is 472 g/mol. The number of aromatic nitrogens is 1. The molecule has 3 aromatic carbocycles. The molecule has 0 aliphatic rings. The molecule has 176 valence electrons. The molecule has 1 atom stereocenters. The Balaban J connectivity index is 1.46. The number of pyridine rings is 1. The van der Waals surface area contributed by atoms with Gasteiger partial charge in [0.2, 0.25) is 5.43 Å². The van der Waals surface area contributed by atoms with E-state index in [-0.39, 0.29) is 23.2 Å². The molecule has 0 spiro atoms. The Morgan fingerprint density at radius 3 is 2.46 bits per heavy atom. The van der Waals surface area contributed by atoms with Crippen molar-refractivity contribution >= 4 is 28.6 Å². The summed E-state index contributed by atoms with van der Waals surface area (Å²) in [6.45, 7) is 1.52. The lowest BCUT2D eigenvalue weighted by Crippen LogP contribution is -2.39. The van der Waals surface area contributed by atoms with Crippen LogP contribution in [0.25, 0.3) is 22.0 Å². The standard InChI is InChI=1S/C27H21FN2O5/c1-15(30-26(33)18-8-9-19(22(28)13-18)17-5-3-2-4-6-17)24(31)12-16-7-10-23-20(11-16)25(32)21(14-29-23)27(34)35/h2-11,13-15H,12H2,1H3,(H,29,32)(H,30,33)(H,34,35)/t15-/m0/s1. The van der Waals surface area contributed by atoms with Crippen LogP contribution in [-0.4, -0.2) is 33.8 Å². The van der Waals surface area contributed by atoms with Crippen LogP contribution in [0.5, 0.6) is 0 Å². The van der Waals surface area contributed by atoms with E-state index in [1.165, 1.54) is 25.1 Å². The number of H-pyrrole nitrogens is 1. The van der Waals surface area contributed by atoms with Gasteiger partial charge in [0, 0.05) is 34.6 Å². The number of amides is 1. The molecule has 0 aliphatic carbocycles. The summed E-state index contributed by atoms with van der Waals surface area (Å²) in [5.41, 5.74) is 1.03. The van der Waals surface area contributed by atoms with Crippen LogP contribution in [0.2, 0.25) is 0 Å². The van der Waals surface area contributed by atoms with Crippen molar-refractivity contribution in [2.75, 3.05) is 0 Å². The smallest absolute Gasteiger partial charge is 0.341 e. The largest absolute Gasteiger partial charge is 0.477 e. The lowest BCUT2D eigenvalue weighted by Gasteiger charge is -2.14. The molecular weight excluding hydrogens is 451 g/mol. The van der Waals surface area contributed by atoms with Crippen LogP contribution < -0.4 is 10.7 Å². The summed E-state index contributed by atoms with van der Waals surface area (Å²) in [5.74, 6) is -2.82. The molecule has 4 rings (SSSR count). The Morgan fingerprint density at radius 2 is 1.77 bits per heavy atom. The molecule has 0 bridgehead atoms. The van der Waals surface area contributed by atoms with Crippen molar-refractivity contribution < 1.29 is 23.9 Å². The number of carbonyl (C=O) groups excluding carboxylic acids is 2. The van der Waals surface area contributed by atoms with Gasteiger partial charge in [-0.1, -0.05) is 42.5 Å². The van der Waals surface area contributed by atoms with E-state index in [0.717, 1.165) is 12.3 Å². The maximum absolute atomic E-state index is 14.6. The molecule has 0 unspecified atom stereocenters. The highest BCUT2D eigenvalue weighted by Gasteiger charge is 2.19. The average Bonchev–Trinajstić information content (AvgIpc) is 2.84. The zero-order valence-electron chi connectivity index (χ0n) is 18.7. The topological polar surface area (TPSA) is 116 Å². The lowest BCUT2D eigenvalue weighted by molar-refractivity contribution is -0.119. The third-order valence-corrected chi connectivity index (χ3v) is 5.70. The van der Waals surface area contributed by atoms with Gasteiger partial charge in [0.25, 0.3) is 5.91 Å². The fourth-order valence-corrected chi connectivity index (χ4v) is 3.76. The van der Waals surface area contributed by atoms with Crippen LogP contribution in [0.1, 0.15) is 33.2 Å². The highest BCUT2D eigenvalue weighted by atomic mass is 19.1. The zero-order chi connectivity index (χ0) is 25.1. The minimum absolute atomic E-state index is 0.0836. The van der Waals surface area contributed by atoms with Gasteiger partial charge in [0.1, 0.15) is 11.4 Å². The summed E-state index contributed by atoms with van der Waals surface area (Å²) in [6.07, 6.45) is 1.04. The first-order valence-corrected chi connectivity index (χ1v) is 10.8. The fourth-order valence-electron chi connectivity index (χ4n) is 3.76. The Labute approximate surface area is 199 Å². The summed E-state index contributed by atoms with van der Waals surface area (Å²) in [7, 11) is 0. The van der Waals surface area contributed by atoms with Crippen molar-refractivity contribution in [3.63, 3.8) is 0 Å². The second kappa shape index (κ2) is 9.72. The number of carboxylic acids is 1. The maximum Gasteiger partial charge on any atom is 0.341 e. The van der Waals surface area contributed by atoms with Crippen LogP contribution in [0.15, 0.2) is 77.7 Å². The first-order valence-electron chi connectivity index (χ1n) is 10.8. The van der Waals surface area contributed by atoms with Crippen molar-refractivity contribution in [2.45, 2.75) is 19.4 Å². The lowest BCUT2D eigenvalue weighted by atomic mass is 10.0. The predicted octanol–water partition coefficient (Wildman–Crippen LogP) is 3.96. The van der Waals surface area contributed by atoms with Crippen LogP contribution in [-0.2, 0) is 11.2 Å². The van der Waals surface area contributed by atoms with Gasteiger partial charge in [-0.2, -0.15) is 0 Å². The van der Waals surface area contributed by atoms with Gasteiger partial charge in [0.05, 0.1) is 6.04 Å². The molecule has 1 amide bonds. The van der Waals surface area contributed by atoms with Gasteiger partial charge in [-0.05, 0) is 42.3 Å². The highest BCUT2D eigenvalue weighted by Crippen LogP contribution is 2.23. The second-order valence-electron chi connectivity index (χ2n) is 8.12. The summed E-state index contributed by atoms with van der Waals surface area (Å²) in [4.78, 5) is 51.7. The third-order valence-electron chi connectivity index (χ3n) is 5.70. The number of aromatic amines is 1. The normalized spacial score (nSPS) is 11.7. The number of halogens is 1. The summed E-state index contributed by atoms with van der Waals surface area (Å²) < 4.78 is 14.6. The van der Waals surface area contributed by atoms with E-state index in [1.54, 1.807) is 36.4 Å². The van der Waals surface area contributed by atoms with Gasteiger partial charge in [-0.25, -0.2) is 9.18 Å². The van der Waals surface area contributed by atoms with E-state index in [1.807, 2.05) is 6.07 Å². The third kappa shape index (κ3) is 5.01.